The average molecular weight is 198 g/mol. The first-order valence-corrected chi connectivity index (χ1v) is 4.77. The first kappa shape index (κ1) is 11.2. The zero-order valence-corrected chi connectivity index (χ0v) is 9.03. The Hall–Kier alpha value is -0.870. The molecule has 4 nitrogen and oxygen atoms in total. The van der Waals surface area contributed by atoms with Crippen molar-refractivity contribution >= 4 is 0 Å². The van der Waals surface area contributed by atoms with Crippen molar-refractivity contribution in [2.24, 2.45) is 0 Å². The van der Waals surface area contributed by atoms with E-state index in [0.29, 0.717) is 6.61 Å². The van der Waals surface area contributed by atoms with Crippen molar-refractivity contribution in [3.05, 3.63) is 18.0 Å². The number of hydrogen-bond acceptors (Lipinski definition) is 3. The molecule has 0 bridgehead atoms. The minimum atomic E-state index is -0.104. The Bertz CT molecular complexity index is 276. The second kappa shape index (κ2) is 4.57. The first-order valence-electron chi connectivity index (χ1n) is 4.77. The summed E-state index contributed by atoms with van der Waals surface area (Å²) < 4.78 is 7.33. The molecule has 0 spiro atoms. The Balaban J connectivity index is 2.31. The Labute approximate surface area is 84.5 Å². The second-order valence-electron chi connectivity index (χ2n) is 4.23. The molecule has 0 aliphatic rings. The lowest BCUT2D eigenvalue weighted by atomic mass is 10.2. The highest BCUT2D eigenvalue weighted by atomic mass is 16.5. The van der Waals surface area contributed by atoms with Crippen molar-refractivity contribution in [2.45, 2.75) is 39.5 Å². The summed E-state index contributed by atoms with van der Waals surface area (Å²) >= 11 is 0. The topological polar surface area (TPSA) is 47.3 Å². The third kappa shape index (κ3) is 3.89. The molecule has 0 amide bonds. The SMILES string of the molecule is CC(C)(C)OCCn1cc(CO)cn1. The molecule has 0 unspecified atom stereocenters. The van der Waals surface area contributed by atoms with Gasteiger partial charge in [-0.3, -0.25) is 4.68 Å². The summed E-state index contributed by atoms with van der Waals surface area (Å²) in [5, 5.41) is 12.9. The minimum absolute atomic E-state index is 0.0418. The predicted molar refractivity (Wildman–Crippen MR) is 53.9 cm³/mol. The van der Waals surface area contributed by atoms with Crippen LogP contribution in [-0.4, -0.2) is 27.1 Å². The molecule has 1 aromatic rings. The molecular formula is C10H18N2O2. The van der Waals surface area contributed by atoms with E-state index in [1.54, 1.807) is 10.9 Å². The zero-order chi connectivity index (χ0) is 10.6. The van der Waals surface area contributed by atoms with Gasteiger partial charge in [0.15, 0.2) is 0 Å². The fourth-order valence-electron chi connectivity index (χ4n) is 1.06. The molecule has 1 N–H and O–H groups in total. The first-order chi connectivity index (χ1) is 6.51. The van der Waals surface area contributed by atoms with Crippen LogP contribution in [0.2, 0.25) is 0 Å². The number of ether oxygens (including phenoxy) is 1. The monoisotopic (exact) mass is 198 g/mol. The third-order valence-corrected chi connectivity index (χ3v) is 1.72. The van der Waals surface area contributed by atoms with Gasteiger partial charge in [0.2, 0.25) is 0 Å². The molecule has 1 aromatic heterocycles. The van der Waals surface area contributed by atoms with Crippen LogP contribution in [0.15, 0.2) is 12.4 Å². The van der Waals surface area contributed by atoms with Gasteiger partial charge in [0.1, 0.15) is 0 Å². The van der Waals surface area contributed by atoms with Crippen molar-refractivity contribution in [1.29, 1.82) is 0 Å². The van der Waals surface area contributed by atoms with E-state index in [4.69, 9.17) is 9.84 Å². The number of nitrogens with zero attached hydrogens (tertiary/aromatic N) is 2. The minimum Gasteiger partial charge on any atom is -0.392 e. The van der Waals surface area contributed by atoms with E-state index in [2.05, 4.69) is 5.10 Å². The van der Waals surface area contributed by atoms with Crippen LogP contribution in [0, 0.1) is 0 Å². The van der Waals surface area contributed by atoms with E-state index in [0.717, 1.165) is 12.1 Å². The summed E-state index contributed by atoms with van der Waals surface area (Å²) in [6.45, 7) is 7.47. The van der Waals surface area contributed by atoms with Gasteiger partial charge in [-0.25, -0.2) is 0 Å². The Morgan fingerprint density at radius 1 is 1.50 bits per heavy atom. The summed E-state index contributed by atoms with van der Waals surface area (Å²) in [7, 11) is 0. The van der Waals surface area contributed by atoms with E-state index in [1.807, 2.05) is 27.0 Å². The fourth-order valence-corrected chi connectivity index (χ4v) is 1.06. The van der Waals surface area contributed by atoms with Crippen LogP contribution >= 0.6 is 0 Å². The van der Waals surface area contributed by atoms with Gasteiger partial charge in [-0.1, -0.05) is 0 Å². The van der Waals surface area contributed by atoms with Gasteiger partial charge in [0.25, 0.3) is 0 Å². The summed E-state index contributed by atoms with van der Waals surface area (Å²) in [5.74, 6) is 0. The fraction of sp³-hybridized carbons (Fsp3) is 0.700. The second-order valence-corrected chi connectivity index (χ2v) is 4.23. The summed E-state index contributed by atoms with van der Waals surface area (Å²) in [6.07, 6.45) is 3.49. The maximum atomic E-state index is 8.82. The lowest BCUT2D eigenvalue weighted by Gasteiger charge is -2.19. The quantitative estimate of drug-likeness (QED) is 0.790. The molecule has 1 rings (SSSR count). The van der Waals surface area contributed by atoms with Gasteiger partial charge in [-0.05, 0) is 20.8 Å². The maximum Gasteiger partial charge on any atom is 0.0712 e. The van der Waals surface area contributed by atoms with E-state index in [1.165, 1.54) is 0 Å². The molecule has 1 heterocycles. The zero-order valence-electron chi connectivity index (χ0n) is 9.03. The van der Waals surface area contributed by atoms with Crippen LogP contribution in [-0.2, 0) is 17.9 Å². The molecule has 4 heteroatoms. The largest absolute Gasteiger partial charge is 0.392 e. The van der Waals surface area contributed by atoms with Gasteiger partial charge in [-0.2, -0.15) is 5.10 Å². The molecule has 0 aliphatic heterocycles. The van der Waals surface area contributed by atoms with E-state index < -0.39 is 0 Å². The van der Waals surface area contributed by atoms with Crippen LogP contribution in [0.3, 0.4) is 0 Å². The van der Waals surface area contributed by atoms with Crippen molar-refractivity contribution < 1.29 is 9.84 Å². The van der Waals surface area contributed by atoms with Gasteiger partial charge < -0.3 is 9.84 Å². The number of rotatable bonds is 4. The van der Waals surface area contributed by atoms with Gasteiger partial charge >= 0.3 is 0 Å². The standard InChI is InChI=1S/C10H18N2O2/c1-10(2,3)14-5-4-12-7-9(8-13)6-11-12/h6-7,13H,4-5,8H2,1-3H3. The lowest BCUT2D eigenvalue weighted by molar-refractivity contribution is -0.00790. The van der Waals surface area contributed by atoms with Gasteiger partial charge in [0.05, 0.1) is 31.6 Å². The van der Waals surface area contributed by atoms with E-state index in [-0.39, 0.29) is 12.2 Å². The Morgan fingerprint density at radius 3 is 2.71 bits per heavy atom. The van der Waals surface area contributed by atoms with Gasteiger partial charge in [-0.15, -0.1) is 0 Å². The summed E-state index contributed by atoms with van der Waals surface area (Å²) in [6, 6.07) is 0. The maximum absolute atomic E-state index is 8.82. The van der Waals surface area contributed by atoms with Crippen LogP contribution < -0.4 is 0 Å². The number of aliphatic hydroxyl groups excluding tert-OH is 1. The van der Waals surface area contributed by atoms with Crippen molar-refractivity contribution in [3.8, 4) is 0 Å². The highest BCUT2D eigenvalue weighted by molar-refractivity contribution is 5.01. The molecule has 0 saturated heterocycles. The molecule has 0 fully saturated rings. The lowest BCUT2D eigenvalue weighted by Crippen LogP contribution is -2.22. The Morgan fingerprint density at radius 2 is 2.21 bits per heavy atom. The van der Waals surface area contributed by atoms with Crippen LogP contribution in [0.5, 0.6) is 0 Å². The average Bonchev–Trinajstić information content (AvgIpc) is 2.50. The molecule has 0 saturated carbocycles. The normalized spacial score (nSPS) is 12.0. The van der Waals surface area contributed by atoms with Gasteiger partial charge in [0, 0.05) is 11.8 Å². The number of hydrogen-bond donors (Lipinski definition) is 1. The Kier molecular flexibility index (Phi) is 3.66. The molecule has 0 aromatic carbocycles. The summed E-state index contributed by atoms with van der Waals surface area (Å²) in [5.41, 5.74) is 0.730. The molecule has 0 radical (unpaired) electrons. The number of aromatic nitrogens is 2. The van der Waals surface area contributed by atoms with E-state index in [9.17, 15) is 0 Å². The van der Waals surface area contributed by atoms with Crippen LogP contribution in [0.1, 0.15) is 26.3 Å². The van der Waals surface area contributed by atoms with E-state index >= 15 is 0 Å². The summed E-state index contributed by atoms with van der Waals surface area (Å²) in [4.78, 5) is 0. The van der Waals surface area contributed by atoms with Crippen molar-refractivity contribution in [2.75, 3.05) is 6.61 Å². The van der Waals surface area contributed by atoms with Crippen molar-refractivity contribution in [1.82, 2.24) is 9.78 Å². The molecule has 0 aliphatic carbocycles. The van der Waals surface area contributed by atoms with Crippen molar-refractivity contribution in [3.63, 3.8) is 0 Å². The smallest absolute Gasteiger partial charge is 0.0712 e. The predicted octanol–water partition coefficient (Wildman–Crippen LogP) is 1.19. The molecule has 14 heavy (non-hydrogen) atoms. The third-order valence-electron chi connectivity index (χ3n) is 1.72. The molecular weight excluding hydrogens is 180 g/mol. The molecule has 80 valence electrons. The van der Waals surface area contributed by atoms with Crippen LogP contribution in [0.4, 0.5) is 0 Å². The molecule has 0 atom stereocenters. The highest BCUT2D eigenvalue weighted by Gasteiger charge is 2.09. The van der Waals surface area contributed by atoms with Crippen LogP contribution in [0.25, 0.3) is 0 Å². The number of aliphatic hydroxyl groups is 1. The highest BCUT2D eigenvalue weighted by Crippen LogP contribution is 2.06.